The summed E-state index contributed by atoms with van der Waals surface area (Å²) in [5, 5.41) is 0. The lowest BCUT2D eigenvalue weighted by molar-refractivity contribution is 0.0289. The van der Waals surface area contributed by atoms with Crippen LogP contribution in [0.3, 0.4) is 0 Å². The van der Waals surface area contributed by atoms with E-state index in [1.165, 1.54) is 77.7 Å². The molecule has 0 aromatic heterocycles. The molecule has 6 unspecified atom stereocenters. The molecule has 4 aliphatic carbocycles. The SMILES string of the molecule is C=C.CCCC1CCC2C3CCC4CCCCC4(C)C3=CCC12C.CN. The van der Waals surface area contributed by atoms with Gasteiger partial charge in [-0.05, 0) is 86.5 Å². The van der Waals surface area contributed by atoms with Crippen molar-refractivity contribution in [2.75, 3.05) is 7.05 Å². The van der Waals surface area contributed by atoms with Crippen molar-refractivity contribution < 1.29 is 0 Å². The number of fused-ring (bicyclic) bond motifs is 5. The molecule has 2 N–H and O–H groups in total. The maximum atomic E-state index is 4.50. The Morgan fingerprint density at radius 3 is 2.46 bits per heavy atom. The van der Waals surface area contributed by atoms with Crippen molar-refractivity contribution in [2.45, 2.75) is 91.4 Å². The highest BCUT2D eigenvalue weighted by molar-refractivity contribution is 5.28. The highest BCUT2D eigenvalue weighted by atomic mass is 14.6. The fraction of sp³-hybridized carbons (Fsp3) is 0.840. The summed E-state index contributed by atoms with van der Waals surface area (Å²) in [5.41, 5.74) is 7.68. The van der Waals surface area contributed by atoms with E-state index in [1.807, 2.05) is 5.57 Å². The molecule has 0 aromatic rings. The Hall–Kier alpha value is -0.560. The maximum absolute atomic E-state index is 4.50. The minimum atomic E-state index is 0.589. The van der Waals surface area contributed by atoms with E-state index in [4.69, 9.17) is 0 Å². The molecule has 0 amide bonds. The minimum absolute atomic E-state index is 0.589. The first-order valence-corrected chi connectivity index (χ1v) is 11.4. The Bertz CT molecular complexity index is 481. The van der Waals surface area contributed by atoms with Crippen molar-refractivity contribution in [1.82, 2.24) is 0 Å². The number of hydrogen-bond donors (Lipinski definition) is 1. The third kappa shape index (κ3) is 3.46. The van der Waals surface area contributed by atoms with Gasteiger partial charge in [-0.25, -0.2) is 0 Å². The summed E-state index contributed by atoms with van der Waals surface area (Å²) in [4.78, 5) is 0. The molecule has 3 saturated carbocycles. The zero-order valence-corrected chi connectivity index (χ0v) is 18.2. The average Bonchev–Trinajstić information content (AvgIpc) is 3.01. The molecule has 150 valence electrons. The van der Waals surface area contributed by atoms with Gasteiger partial charge in [-0.15, -0.1) is 13.2 Å². The van der Waals surface area contributed by atoms with E-state index in [0.29, 0.717) is 10.8 Å². The Kier molecular flexibility index (Phi) is 7.60. The van der Waals surface area contributed by atoms with Crippen LogP contribution in [-0.2, 0) is 0 Å². The molecule has 0 aromatic carbocycles. The molecule has 1 heteroatoms. The molecule has 0 saturated heterocycles. The van der Waals surface area contributed by atoms with E-state index in [9.17, 15) is 0 Å². The third-order valence-electron chi connectivity index (χ3n) is 8.78. The molecule has 0 aliphatic heterocycles. The Morgan fingerprint density at radius 2 is 1.77 bits per heavy atom. The summed E-state index contributed by atoms with van der Waals surface area (Å²) in [6, 6.07) is 0. The van der Waals surface area contributed by atoms with Crippen LogP contribution < -0.4 is 5.73 Å². The molecule has 4 rings (SSSR count). The van der Waals surface area contributed by atoms with Gasteiger partial charge in [0, 0.05) is 0 Å². The van der Waals surface area contributed by atoms with Gasteiger partial charge in [0.2, 0.25) is 0 Å². The second kappa shape index (κ2) is 9.09. The molecule has 6 atom stereocenters. The van der Waals surface area contributed by atoms with E-state index >= 15 is 0 Å². The van der Waals surface area contributed by atoms with E-state index < -0.39 is 0 Å². The summed E-state index contributed by atoms with van der Waals surface area (Å²) in [6.45, 7) is 13.7. The van der Waals surface area contributed by atoms with Crippen LogP contribution in [0.2, 0.25) is 0 Å². The molecule has 1 nitrogen and oxygen atoms in total. The van der Waals surface area contributed by atoms with Crippen molar-refractivity contribution in [3.05, 3.63) is 24.8 Å². The lowest BCUT2D eigenvalue weighted by atomic mass is 9.49. The second-order valence-electron chi connectivity index (χ2n) is 9.58. The smallest absolute Gasteiger partial charge is 0.00853 e. The average molecular weight is 360 g/mol. The van der Waals surface area contributed by atoms with Gasteiger partial charge in [-0.1, -0.05) is 58.1 Å². The van der Waals surface area contributed by atoms with Crippen LogP contribution in [-0.4, -0.2) is 7.05 Å². The first-order valence-electron chi connectivity index (χ1n) is 11.4. The molecule has 0 bridgehead atoms. The standard InChI is InChI=1S/C22H36.C2H4.CH5N/c1-4-7-16-10-12-19-18-11-9-17-8-5-6-14-21(17,2)20(18)13-15-22(16,19)3;2*1-2/h13,16-19H,4-12,14-15H2,1-3H3;1-2H2;2H2,1H3. The van der Waals surface area contributed by atoms with Crippen molar-refractivity contribution in [2.24, 2.45) is 40.2 Å². The molecule has 26 heavy (non-hydrogen) atoms. The van der Waals surface area contributed by atoms with Crippen molar-refractivity contribution in [3.8, 4) is 0 Å². The van der Waals surface area contributed by atoms with Crippen molar-refractivity contribution in [1.29, 1.82) is 0 Å². The van der Waals surface area contributed by atoms with Gasteiger partial charge in [0.1, 0.15) is 0 Å². The predicted molar refractivity (Wildman–Crippen MR) is 116 cm³/mol. The number of rotatable bonds is 2. The first-order chi connectivity index (χ1) is 12.6. The van der Waals surface area contributed by atoms with E-state index in [1.54, 1.807) is 0 Å². The van der Waals surface area contributed by atoms with Gasteiger partial charge in [0.05, 0.1) is 0 Å². The second-order valence-corrected chi connectivity index (χ2v) is 9.58. The van der Waals surface area contributed by atoms with Gasteiger partial charge in [-0.3, -0.25) is 0 Å². The van der Waals surface area contributed by atoms with Crippen molar-refractivity contribution in [3.63, 3.8) is 0 Å². The van der Waals surface area contributed by atoms with Crippen LogP contribution in [0.15, 0.2) is 24.8 Å². The van der Waals surface area contributed by atoms with Gasteiger partial charge in [0.25, 0.3) is 0 Å². The quantitative estimate of drug-likeness (QED) is 0.521. The van der Waals surface area contributed by atoms with Crippen LogP contribution in [0.1, 0.15) is 91.4 Å². The molecule has 0 heterocycles. The monoisotopic (exact) mass is 359 g/mol. The summed E-state index contributed by atoms with van der Waals surface area (Å²) in [6.07, 6.45) is 19.1. The number of nitrogens with two attached hydrogens (primary N) is 1. The molecule has 3 fully saturated rings. The summed E-state index contributed by atoms with van der Waals surface area (Å²) in [7, 11) is 1.50. The van der Waals surface area contributed by atoms with Crippen LogP contribution in [0, 0.1) is 34.5 Å². The minimum Gasteiger partial charge on any atom is -0.333 e. The van der Waals surface area contributed by atoms with Gasteiger partial charge in [0.15, 0.2) is 0 Å². The summed E-state index contributed by atoms with van der Waals surface area (Å²) in [5.74, 6) is 4.00. The van der Waals surface area contributed by atoms with Gasteiger partial charge in [-0.2, -0.15) is 0 Å². The lowest BCUT2D eigenvalue weighted by Gasteiger charge is -2.56. The van der Waals surface area contributed by atoms with Crippen LogP contribution >= 0.6 is 0 Å². The fourth-order valence-electron chi connectivity index (χ4n) is 7.49. The maximum Gasteiger partial charge on any atom is -0.00853 e. The van der Waals surface area contributed by atoms with Crippen LogP contribution in [0.4, 0.5) is 0 Å². The first kappa shape index (κ1) is 21.7. The Labute approximate surface area is 163 Å². The Morgan fingerprint density at radius 1 is 1.04 bits per heavy atom. The van der Waals surface area contributed by atoms with Gasteiger partial charge < -0.3 is 5.73 Å². The molecule has 0 radical (unpaired) electrons. The Balaban J connectivity index is 0.000000570. The lowest BCUT2D eigenvalue weighted by Crippen LogP contribution is -2.46. The summed E-state index contributed by atoms with van der Waals surface area (Å²) < 4.78 is 0. The van der Waals surface area contributed by atoms with Gasteiger partial charge >= 0.3 is 0 Å². The van der Waals surface area contributed by atoms with E-state index in [2.05, 4.69) is 45.7 Å². The molecule has 0 spiro atoms. The van der Waals surface area contributed by atoms with Crippen LogP contribution in [0.25, 0.3) is 0 Å². The van der Waals surface area contributed by atoms with E-state index in [-0.39, 0.29) is 0 Å². The molecule has 4 aliphatic rings. The normalized spacial score (nSPS) is 43.3. The fourth-order valence-corrected chi connectivity index (χ4v) is 7.49. The van der Waals surface area contributed by atoms with E-state index in [0.717, 1.165) is 23.7 Å². The number of allylic oxidation sites excluding steroid dienone is 2. The largest absolute Gasteiger partial charge is 0.333 e. The van der Waals surface area contributed by atoms with Crippen molar-refractivity contribution >= 4 is 0 Å². The number of hydrogen-bond acceptors (Lipinski definition) is 1. The molecular formula is C25H45N. The third-order valence-corrected chi connectivity index (χ3v) is 8.78. The van der Waals surface area contributed by atoms with Crippen LogP contribution in [0.5, 0.6) is 0 Å². The molecular weight excluding hydrogens is 314 g/mol. The highest BCUT2D eigenvalue weighted by Gasteiger charge is 2.56. The zero-order chi connectivity index (χ0) is 19.4. The summed E-state index contributed by atoms with van der Waals surface area (Å²) >= 11 is 0. The zero-order valence-electron chi connectivity index (χ0n) is 18.2. The topological polar surface area (TPSA) is 26.0 Å². The predicted octanol–water partition coefficient (Wildman–Crippen LogP) is 7.13. The highest BCUT2D eigenvalue weighted by Crippen LogP contribution is 2.65.